The number of anilines is 1. The van der Waals surface area contributed by atoms with Gasteiger partial charge in [-0.2, -0.15) is 0 Å². The molecule has 148 valence electrons. The monoisotopic (exact) mass is 442 g/mol. The number of hydrogen-bond donors (Lipinski definition) is 2. The second kappa shape index (κ2) is 7.55. The van der Waals surface area contributed by atoms with Gasteiger partial charge in [0.25, 0.3) is 5.56 Å². The van der Waals surface area contributed by atoms with Crippen LogP contribution >= 0.6 is 34.4 Å². The van der Waals surface area contributed by atoms with Gasteiger partial charge in [0.2, 0.25) is 5.91 Å². The summed E-state index contributed by atoms with van der Waals surface area (Å²) in [6.45, 7) is 2.00. The van der Waals surface area contributed by atoms with Crippen LogP contribution in [0.15, 0.2) is 28.2 Å². The van der Waals surface area contributed by atoms with E-state index in [-0.39, 0.29) is 17.2 Å². The topological polar surface area (TPSA) is 87.7 Å². The number of rotatable bonds is 4. The Kier molecular flexibility index (Phi) is 4.89. The van der Waals surface area contributed by atoms with Crippen LogP contribution in [-0.4, -0.2) is 26.6 Å². The molecule has 2 N–H and O–H groups in total. The molecule has 0 atom stereocenters. The normalized spacial score (nSPS) is 13.7. The largest absolute Gasteiger partial charge is 0.301 e. The number of nitrogens with zero attached hydrogens (tertiary/aromatic N) is 2. The number of hydrogen-bond acceptors (Lipinski definition) is 7. The van der Waals surface area contributed by atoms with Crippen LogP contribution in [0.4, 0.5) is 5.13 Å². The number of thiophene rings is 1. The van der Waals surface area contributed by atoms with Gasteiger partial charge in [-0.25, -0.2) is 9.97 Å². The molecular formula is C20H18N4O2S3. The molecule has 0 aliphatic heterocycles. The third-order valence-corrected chi connectivity index (χ3v) is 8.01. The molecule has 4 aromatic rings. The van der Waals surface area contributed by atoms with E-state index in [9.17, 15) is 9.59 Å². The molecule has 0 saturated carbocycles. The highest BCUT2D eigenvalue weighted by Crippen LogP contribution is 2.34. The van der Waals surface area contributed by atoms with Crippen LogP contribution in [0.25, 0.3) is 20.4 Å². The number of aryl methyl sites for hydroxylation is 3. The van der Waals surface area contributed by atoms with Gasteiger partial charge in [-0.1, -0.05) is 35.2 Å². The third kappa shape index (κ3) is 3.58. The zero-order valence-electron chi connectivity index (χ0n) is 15.7. The van der Waals surface area contributed by atoms with Crippen molar-refractivity contribution in [1.29, 1.82) is 0 Å². The lowest BCUT2D eigenvalue weighted by Crippen LogP contribution is -2.15. The maximum absolute atomic E-state index is 12.6. The maximum atomic E-state index is 12.6. The summed E-state index contributed by atoms with van der Waals surface area (Å²) in [4.78, 5) is 39.0. The van der Waals surface area contributed by atoms with Crippen molar-refractivity contribution in [2.45, 2.75) is 37.8 Å². The number of fused-ring (bicyclic) bond motifs is 4. The summed E-state index contributed by atoms with van der Waals surface area (Å²) >= 11 is 4.31. The van der Waals surface area contributed by atoms with Crippen LogP contribution in [0, 0.1) is 6.92 Å². The number of thioether (sulfide) groups is 1. The van der Waals surface area contributed by atoms with Crippen LogP contribution in [0.3, 0.4) is 0 Å². The Morgan fingerprint density at radius 1 is 1.24 bits per heavy atom. The van der Waals surface area contributed by atoms with Crippen LogP contribution in [0.5, 0.6) is 0 Å². The Morgan fingerprint density at radius 2 is 2.10 bits per heavy atom. The lowest BCUT2D eigenvalue weighted by atomic mass is 9.97. The highest BCUT2D eigenvalue weighted by atomic mass is 32.2. The van der Waals surface area contributed by atoms with Crippen molar-refractivity contribution in [3.05, 3.63) is 44.6 Å². The predicted molar refractivity (Wildman–Crippen MR) is 121 cm³/mol. The summed E-state index contributed by atoms with van der Waals surface area (Å²) in [7, 11) is 0. The van der Waals surface area contributed by atoms with Crippen LogP contribution in [0.1, 0.15) is 28.8 Å². The number of carbonyl (C=O) groups is 1. The molecule has 0 bridgehead atoms. The first-order valence-corrected chi connectivity index (χ1v) is 12.0. The Labute approximate surface area is 178 Å². The Balaban J connectivity index is 1.31. The molecule has 0 radical (unpaired) electrons. The lowest BCUT2D eigenvalue weighted by molar-refractivity contribution is -0.113. The van der Waals surface area contributed by atoms with Crippen molar-refractivity contribution in [2.24, 2.45) is 0 Å². The second-order valence-corrected chi connectivity index (χ2v) is 10.1. The molecular weight excluding hydrogens is 424 g/mol. The first-order valence-electron chi connectivity index (χ1n) is 9.42. The van der Waals surface area contributed by atoms with Crippen molar-refractivity contribution >= 4 is 65.9 Å². The first kappa shape index (κ1) is 18.8. The molecule has 9 heteroatoms. The van der Waals surface area contributed by atoms with Crippen molar-refractivity contribution in [1.82, 2.24) is 15.0 Å². The number of nitrogens with one attached hydrogen (secondary N) is 2. The molecule has 3 aromatic heterocycles. The molecule has 1 amide bonds. The van der Waals surface area contributed by atoms with Gasteiger partial charge in [0.1, 0.15) is 4.83 Å². The minimum Gasteiger partial charge on any atom is -0.301 e. The number of H-pyrrole nitrogens is 1. The van der Waals surface area contributed by atoms with Gasteiger partial charge < -0.3 is 10.3 Å². The molecule has 29 heavy (non-hydrogen) atoms. The molecule has 0 saturated heterocycles. The quantitative estimate of drug-likeness (QED) is 0.359. The van der Waals surface area contributed by atoms with Gasteiger partial charge in [0.05, 0.1) is 21.4 Å². The Morgan fingerprint density at radius 3 is 2.97 bits per heavy atom. The minimum atomic E-state index is -0.167. The molecule has 1 aromatic carbocycles. The first-order chi connectivity index (χ1) is 14.1. The average molecular weight is 443 g/mol. The number of carbonyl (C=O) groups excluding carboxylic acids is 1. The number of amides is 1. The van der Waals surface area contributed by atoms with E-state index >= 15 is 0 Å². The maximum Gasteiger partial charge on any atom is 0.260 e. The van der Waals surface area contributed by atoms with Crippen LogP contribution < -0.4 is 10.9 Å². The van der Waals surface area contributed by atoms with Gasteiger partial charge in [-0.15, -0.1) is 11.3 Å². The van der Waals surface area contributed by atoms with E-state index in [4.69, 9.17) is 0 Å². The average Bonchev–Trinajstić information content (AvgIpc) is 3.28. The minimum absolute atomic E-state index is 0.0982. The zero-order valence-corrected chi connectivity index (χ0v) is 18.2. The molecule has 1 aliphatic rings. The summed E-state index contributed by atoms with van der Waals surface area (Å²) in [5.74, 6) is -0.00558. The van der Waals surface area contributed by atoms with Gasteiger partial charge >= 0.3 is 0 Å². The van der Waals surface area contributed by atoms with E-state index in [1.54, 1.807) is 11.3 Å². The smallest absolute Gasteiger partial charge is 0.260 e. The molecule has 0 spiro atoms. The standard InChI is InChI=1S/C20H18N4O2S3/c1-10-5-4-8-13-16(10)22-20(29-13)21-14(25)9-27-19-23-17(26)15-11-6-2-3-7-12(11)28-18(15)24-19/h4-5,8H,2-3,6-7,9H2,1H3,(H,21,22,25)(H,23,24,26). The van der Waals surface area contributed by atoms with Gasteiger partial charge in [0, 0.05) is 4.88 Å². The lowest BCUT2D eigenvalue weighted by Gasteiger charge is -2.09. The molecule has 5 rings (SSSR count). The Hall–Kier alpha value is -2.23. The SMILES string of the molecule is Cc1cccc2sc(NC(=O)CSc3nc4sc5c(c4c(=O)[nH]3)CCCC5)nc12. The van der Waals surface area contributed by atoms with E-state index in [0.717, 1.165) is 45.3 Å². The number of aromatic nitrogens is 3. The number of para-hydroxylation sites is 1. The highest BCUT2D eigenvalue weighted by Gasteiger charge is 2.20. The number of benzene rings is 1. The summed E-state index contributed by atoms with van der Waals surface area (Å²) in [6, 6.07) is 5.98. The highest BCUT2D eigenvalue weighted by molar-refractivity contribution is 7.99. The van der Waals surface area contributed by atoms with E-state index in [0.29, 0.717) is 10.3 Å². The summed E-state index contributed by atoms with van der Waals surface area (Å²) in [5.41, 5.74) is 3.07. The van der Waals surface area contributed by atoms with E-state index in [2.05, 4.69) is 20.3 Å². The van der Waals surface area contributed by atoms with Gasteiger partial charge in [0.15, 0.2) is 10.3 Å². The van der Waals surface area contributed by atoms with E-state index in [1.165, 1.54) is 40.0 Å². The van der Waals surface area contributed by atoms with Gasteiger partial charge in [-0.3, -0.25) is 9.59 Å². The summed E-state index contributed by atoms with van der Waals surface area (Å²) in [6.07, 6.45) is 4.28. The summed E-state index contributed by atoms with van der Waals surface area (Å²) < 4.78 is 1.05. The van der Waals surface area contributed by atoms with Crippen molar-refractivity contribution < 1.29 is 4.79 Å². The number of thiazole rings is 1. The molecule has 0 fully saturated rings. The zero-order chi connectivity index (χ0) is 20.0. The fourth-order valence-corrected chi connectivity index (χ4v) is 6.58. The van der Waals surface area contributed by atoms with Gasteiger partial charge in [-0.05, 0) is 49.8 Å². The van der Waals surface area contributed by atoms with E-state index < -0.39 is 0 Å². The van der Waals surface area contributed by atoms with Crippen LogP contribution in [-0.2, 0) is 17.6 Å². The van der Waals surface area contributed by atoms with Crippen molar-refractivity contribution in [2.75, 3.05) is 11.1 Å². The van der Waals surface area contributed by atoms with Crippen LogP contribution in [0.2, 0.25) is 0 Å². The third-order valence-electron chi connectivity index (χ3n) is 5.01. The molecule has 1 aliphatic carbocycles. The second-order valence-electron chi connectivity index (χ2n) is 7.04. The number of aromatic amines is 1. The van der Waals surface area contributed by atoms with Crippen molar-refractivity contribution in [3.63, 3.8) is 0 Å². The fraction of sp³-hybridized carbons (Fsp3) is 0.300. The van der Waals surface area contributed by atoms with Crippen molar-refractivity contribution in [3.8, 4) is 0 Å². The predicted octanol–water partition coefficient (Wildman–Crippen LogP) is 4.51. The fourth-order valence-electron chi connectivity index (χ4n) is 3.64. The summed E-state index contributed by atoms with van der Waals surface area (Å²) in [5, 5.41) is 4.66. The molecule has 0 unspecified atom stereocenters. The Bertz CT molecular complexity index is 1300. The van der Waals surface area contributed by atoms with E-state index in [1.807, 2.05) is 25.1 Å². The molecule has 3 heterocycles. The molecule has 6 nitrogen and oxygen atoms in total.